The molecule has 1 aliphatic carbocycles. The molecule has 1 aromatic rings. The summed E-state index contributed by atoms with van der Waals surface area (Å²) in [7, 11) is 3.77. The van der Waals surface area contributed by atoms with Crippen molar-refractivity contribution < 1.29 is 4.74 Å². The number of likely N-dealkylation sites (N-methyl/N-ethyl adjacent to an activating group) is 2. The van der Waals surface area contributed by atoms with Gasteiger partial charge in [-0.2, -0.15) is 0 Å². The van der Waals surface area contributed by atoms with E-state index in [-0.39, 0.29) is 0 Å². The summed E-state index contributed by atoms with van der Waals surface area (Å²) in [6, 6.07) is 8.76. The van der Waals surface area contributed by atoms with Crippen LogP contribution in [0.3, 0.4) is 0 Å². The fourth-order valence-corrected chi connectivity index (χ4v) is 2.85. The van der Waals surface area contributed by atoms with Gasteiger partial charge in [0.1, 0.15) is 5.75 Å². The molecule has 1 fully saturated rings. The van der Waals surface area contributed by atoms with Crippen LogP contribution in [0.15, 0.2) is 24.3 Å². The number of nitrogens with one attached hydrogen (secondary N) is 1. The normalized spacial score (nSPS) is 17.0. The van der Waals surface area contributed by atoms with Gasteiger partial charge < -0.3 is 15.0 Å². The third kappa shape index (κ3) is 3.97. The second-order valence-electron chi connectivity index (χ2n) is 5.77. The zero-order valence-electron chi connectivity index (χ0n) is 13.1. The smallest absolute Gasteiger partial charge is 0.119 e. The monoisotopic (exact) mass is 276 g/mol. The molecule has 1 saturated carbocycles. The summed E-state index contributed by atoms with van der Waals surface area (Å²) in [5, 5.41) is 3.45. The lowest BCUT2D eigenvalue weighted by Crippen LogP contribution is -2.38. The van der Waals surface area contributed by atoms with Crippen LogP contribution in [0, 0.1) is 5.92 Å². The predicted molar refractivity (Wildman–Crippen MR) is 84.2 cm³/mol. The predicted octanol–water partition coefficient (Wildman–Crippen LogP) is 3.08. The molecule has 2 rings (SSSR count). The molecule has 20 heavy (non-hydrogen) atoms. The van der Waals surface area contributed by atoms with Gasteiger partial charge in [0.2, 0.25) is 0 Å². The molecule has 112 valence electrons. The lowest BCUT2D eigenvalue weighted by atomic mass is 9.85. The van der Waals surface area contributed by atoms with Crippen LogP contribution in [0.2, 0.25) is 0 Å². The molecule has 1 aromatic carbocycles. The van der Waals surface area contributed by atoms with Gasteiger partial charge in [-0.25, -0.2) is 0 Å². The van der Waals surface area contributed by atoms with Crippen molar-refractivity contribution in [3.63, 3.8) is 0 Å². The molecule has 0 aliphatic heterocycles. The molecule has 1 unspecified atom stereocenters. The molecule has 0 aromatic heterocycles. The van der Waals surface area contributed by atoms with Crippen molar-refractivity contribution in [2.24, 2.45) is 5.92 Å². The first-order chi connectivity index (χ1) is 9.76. The minimum atomic E-state index is 0.366. The molecule has 0 heterocycles. The lowest BCUT2D eigenvalue weighted by Gasteiger charge is -2.34. The molecule has 1 N–H and O–H groups in total. The third-order valence-electron chi connectivity index (χ3n) is 4.47. The number of methoxy groups -OCH3 is 1. The molecule has 0 spiro atoms. The van der Waals surface area contributed by atoms with Crippen molar-refractivity contribution in [1.29, 1.82) is 0 Å². The molecule has 0 bridgehead atoms. The number of benzene rings is 1. The maximum atomic E-state index is 5.33. The number of hydrogen-bond acceptors (Lipinski definition) is 3. The van der Waals surface area contributed by atoms with Crippen molar-refractivity contribution >= 4 is 0 Å². The topological polar surface area (TPSA) is 24.5 Å². The van der Waals surface area contributed by atoms with Gasteiger partial charge in [-0.1, -0.05) is 25.5 Å². The Kier molecular flexibility index (Phi) is 5.86. The van der Waals surface area contributed by atoms with Crippen LogP contribution >= 0.6 is 0 Å². The molecule has 3 nitrogen and oxygen atoms in total. The van der Waals surface area contributed by atoms with Gasteiger partial charge in [-0.05, 0) is 50.0 Å². The maximum absolute atomic E-state index is 5.33. The van der Waals surface area contributed by atoms with E-state index in [0.717, 1.165) is 24.8 Å². The van der Waals surface area contributed by atoms with Crippen LogP contribution in [0.1, 0.15) is 37.8 Å². The molecule has 0 amide bonds. The Morgan fingerprint density at radius 1 is 1.40 bits per heavy atom. The largest absolute Gasteiger partial charge is 0.497 e. The van der Waals surface area contributed by atoms with E-state index in [9.17, 15) is 0 Å². The van der Waals surface area contributed by atoms with E-state index in [4.69, 9.17) is 4.74 Å². The second kappa shape index (κ2) is 7.65. The van der Waals surface area contributed by atoms with Crippen molar-refractivity contribution in [2.75, 3.05) is 33.8 Å². The van der Waals surface area contributed by atoms with Gasteiger partial charge in [-0.3, -0.25) is 0 Å². The van der Waals surface area contributed by atoms with Crippen LogP contribution in [0.5, 0.6) is 5.75 Å². The SMILES string of the molecule is CCN(CC1CCC1)CC(NC)c1cccc(OC)c1. The quantitative estimate of drug-likeness (QED) is 0.789. The van der Waals surface area contributed by atoms with Gasteiger partial charge in [-0.15, -0.1) is 0 Å². The third-order valence-corrected chi connectivity index (χ3v) is 4.47. The van der Waals surface area contributed by atoms with Gasteiger partial charge in [0.25, 0.3) is 0 Å². The van der Waals surface area contributed by atoms with Crippen molar-refractivity contribution in [2.45, 2.75) is 32.2 Å². The highest BCUT2D eigenvalue weighted by Gasteiger charge is 2.22. The first-order valence-electron chi connectivity index (χ1n) is 7.80. The summed E-state index contributed by atoms with van der Waals surface area (Å²) >= 11 is 0. The van der Waals surface area contributed by atoms with Crippen molar-refractivity contribution in [3.05, 3.63) is 29.8 Å². The summed E-state index contributed by atoms with van der Waals surface area (Å²) < 4.78 is 5.33. The average molecular weight is 276 g/mol. The van der Waals surface area contributed by atoms with Crippen LogP contribution in [-0.2, 0) is 0 Å². The first-order valence-corrected chi connectivity index (χ1v) is 7.80. The molecular weight excluding hydrogens is 248 g/mol. The van der Waals surface area contributed by atoms with Crippen molar-refractivity contribution in [3.8, 4) is 5.75 Å². The fourth-order valence-electron chi connectivity index (χ4n) is 2.85. The minimum Gasteiger partial charge on any atom is -0.497 e. The van der Waals surface area contributed by atoms with E-state index in [1.165, 1.54) is 31.4 Å². The first kappa shape index (κ1) is 15.3. The van der Waals surface area contributed by atoms with E-state index in [1.807, 2.05) is 13.1 Å². The molecule has 0 radical (unpaired) electrons. The highest BCUT2D eigenvalue weighted by Crippen LogP contribution is 2.28. The van der Waals surface area contributed by atoms with Crippen LogP contribution < -0.4 is 10.1 Å². The van der Waals surface area contributed by atoms with Crippen LogP contribution in [0.4, 0.5) is 0 Å². The minimum absolute atomic E-state index is 0.366. The Labute approximate surface area is 123 Å². The Bertz CT molecular complexity index is 404. The molecule has 0 saturated heterocycles. The van der Waals surface area contributed by atoms with Gasteiger partial charge >= 0.3 is 0 Å². The maximum Gasteiger partial charge on any atom is 0.119 e. The zero-order valence-corrected chi connectivity index (χ0v) is 13.1. The van der Waals surface area contributed by atoms with Crippen molar-refractivity contribution in [1.82, 2.24) is 10.2 Å². The summed E-state index contributed by atoms with van der Waals surface area (Å²) in [5.41, 5.74) is 1.30. The highest BCUT2D eigenvalue weighted by molar-refractivity contribution is 5.30. The highest BCUT2D eigenvalue weighted by atomic mass is 16.5. The summed E-state index contributed by atoms with van der Waals surface area (Å²) in [6.07, 6.45) is 4.26. The summed E-state index contributed by atoms with van der Waals surface area (Å²) in [6.45, 7) is 5.70. The molecular formula is C17H28N2O. The van der Waals surface area contributed by atoms with E-state index >= 15 is 0 Å². The van der Waals surface area contributed by atoms with Gasteiger partial charge in [0.05, 0.1) is 7.11 Å². The van der Waals surface area contributed by atoms with E-state index in [0.29, 0.717) is 6.04 Å². The second-order valence-corrected chi connectivity index (χ2v) is 5.77. The Hall–Kier alpha value is -1.06. The molecule has 1 atom stereocenters. The molecule has 3 heteroatoms. The van der Waals surface area contributed by atoms with E-state index in [2.05, 4.69) is 35.3 Å². The zero-order chi connectivity index (χ0) is 14.4. The van der Waals surface area contributed by atoms with Crippen LogP contribution in [0.25, 0.3) is 0 Å². The number of hydrogen-bond donors (Lipinski definition) is 1. The van der Waals surface area contributed by atoms with Gasteiger partial charge in [0.15, 0.2) is 0 Å². The van der Waals surface area contributed by atoms with E-state index in [1.54, 1.807) is 7.11 Å². The Morgan fingerprint density at radius 2 is 2.20 bits per heavy atom. The van der Waals surface area contributed by atoms with Gasteiger partial charge in [0, 0.05) is 19.1 Å². The number of nitrogens with zero attached hydrogens (tertiary/aromatic N) is 1. The molecule has 1 aliphatic rings. The van der Waals surface area contributed by atoms with Crippen LogP contribution in [-0.4, -0.2) is 38.7 Å². The standard InChI is InChI=1S/C17H28N2O/c1-4-19(12-14-7-5-8-14)13-17(18-2)15-9-6-10-16(11-15)20-3/h6,9-11,14,17-18H,4-5,7-8,12-13H2,1-3H3. The average Bonchev–Trinajstić information content (AvgIpc) is 2.46. The van der Waals surface area contributed by atoms with E-state index < -0.39 is 0 Å². The Balaban J connectivity index is 1.98. The summed E-state index contributed by atoms with van der Waals surface area (Å²) in [4.78, 5) is 2.57. The number of rotatable bonds is 8. The Morgan fingerprint density at radius 3 is 2.75 bits per heavy atom. The lowest BCUT2D eigenvalue weighted by molar-refractivity contribution is 0.171. The fraction of sp³-hybridized carbons (Fsp3) is 0.647. The summed E-state index contributed by atoms with van der Waals surface area (Å²) in [5.74, 6) is 1.86. The number of ether oxygens (including phenoxy) is 1.